The number of aromatic nitrogens is 4. The maximum atomic E-state index is 13.8. The molecule has 0 unspecified atom stereocenters. The first kappa shape index (κ1) is 11.7. The van der Waals surface area contributed by atoms with Gasteiger partial charge in [0.15, 0.2) is 17.2 Å². The Kier molecular flexibility index (Phi) is 2.68. The van der Waals surface area contributed by atoms with Crippen LogP contribution in [-0.4, -0.2) is 20.2 Å². The number of nitrogen functional groups attached to an aromatic ring is 1. The number of hydrogen-bond donors (Lipinski definition) is 2. The molecule has 1 aromatic carbocycles. The topological polar surface area (TPSA) is 89.7 Å². The van der Waals surface area contributed by atoms with Crippen molar-refractivity contribution in [3.8, 4) is 11.6 Å². The molecule has 0 radical (unpaired) electrons. The average Bonchev–Trinajstić information content (AvgIpc) is 2.83. The monoisotopic (exact) mass is 279 g/mol. The van der Waals surface area contributed by atoms with E-state index in [1.54, 1.807) is 6.07 Å². The molecule has 0 fully saturated rings. The van der Waals surface area contributed by atoms with E-state index in [1.807, 2.05) is 0 Å². The summed E-state index contributed by atoms with van der Waals surface area (Å²) in [7, 11) is 0. The molecule has 0 amide bonds. The van der Waals surface area contributed by atoms with Crippen LogP contribution in [0.3, 0.4) is 0 Å². The van der Waals surface area contributed by atoms with Crippen LogP contribution >= 0.6 is 11.6 Å². The fourth-order valence-electron chi connectivity index (χ4n) is 1.57. The lowest BCUT2D eigenvalue weighted by atomic mass is 10.3. The van der Waals surface area contributed by atoms with Gasteiger partial charge in [-0.15, -0.1) is 0 Å². The predicted molar refractivity (Wildman–Crippen MR) is 67.6 cm³/mol. The zero-order valence-electron chi connectivity index (χ0n) is 9.39. The molecule has 2 heterocycles. The summed E-state index contributed by atoms with van der Waals surface area (Å²) in [4.78, 5) is 7.84. The molecule has 3 N–H and O–H groups in total. The minimum Gasteiger partial charge on any atom is -0.435 e. The molecule has 0 spiro atoms. The smallest absolute Gasteiger partial charge is 0.235 e. The molecule has 0 bridgehead atoms. The van der Waals surface area contributed by atoms with Gasteiger partial charge in [-0.2, -0.15) is 15.1 Å². The number of anilines is 1. The lowest BCUT2D eigenvalue weighted by Gasteiger charge is -2.07. The van der Waals surface area contributed by atoms with Crippen molar-refractivity contribution in [3.63, 3.8) is 0 Å². The van der Waals surface area contributed by atoms with E-state index in [9.17, 15) is 4.39 Å². The minimum absolute atomic E-state index is 0.00538. The van der Waals surface area contributed by atoms with Gasteiger partial charge in [0, 0.05) is 0 Å². The van der Waals surface area contributed by atoms with Crippen LogP contribution in [0.2, 0.25) is 5.02 Å². The molecule has 0 aliphatic heterocycles. The molecule has 0 saturated carbocycles. The van der Waals surface area contributed by atoms with Crippen LogP contribution < -0.4 is 10.5 Å². The summed E-state index contributed by atoms with van der Waals surface area (Å²) >= 11 is 5.68. The number of ether oxygens (including phenoxy) is 1. The van der Waals surface area contributed by atoms with Crippen molar-refractivity contribution in [2.45, 2.75) is 0 Å². The number of aromatic amines is 1. The zero-order chi connectivity index (χ0) is 13.4. The quantitative estimate of drug-likeness (QED) is 0.752. The van der Waals surface area contributed by atoms with Gasteiger partial charge in [0.05, 0.1) is 11.2 Å². The van der Waals surface area contributed by atoms with Crippen molar-refractivity contribution in [1.29, 1.82) is 0 Å². The van der Waals surface area contributed by atoms with Gasteiger partial charge >= 0.3 is 0 Å². The van der Waals surface area contributed by atoms with Crippen LogP contribution in [0.1, 0.15) is 0 Å². The van der Waals surface area contributed by atoms with Crippen molar-refractivity contribution in [2.24, 2.45) is 0 Å². The Labute approximate surface area is 111 Å². The van der Waals surface area contributed by atoms with Crippen LogP contribution in [0.4, 0.5) is 10.3 Å². The Morgan fingerprint density at radius 1 is 1.32 bits per heavy atom. The summed E-state index contributed by atoms with van der Waals surface area (Å²) in [6.07, 6.45) is 1.46. The van der Waals surface area contributed by atoms with Crippen molar-refractivity contribution in [3.05, 3.63) is 35.2 Å². The lowest BCUT2D eigenvalue weighted by Crippen LogP contribution is -1.99. The van der Waals surface area contributed by atoms with Crippen LogP contribution in [-0.2, 0) is 0 Å². The van der Waals surface area contributed by atoms with E-state index in [0.29, 0.717) is 11.0 Å². The number of H-pyrrole nitrogens is 1. The summed E-state index contributed by atoms with van der Waals surface area (Å²) in [5.41, 5.74) is 5.94. The number of nitrogens with two attached hydrogens (primary N) is 1. The third-order valence-electron chi connectivity index (χ3n) is 2.41. The first-order valence-corrected chi connectivity index (χ1v) is 5.61. The summed E-state index contributed by atoms with van der Waals surface area (Å²) in [6.45, 7) is 0. The van der Waals surface area contributed by atoms with E-state index >= 15 is 0 Å². The number of hydrogen-bond acceptors (Lipinski definition) is 5. The minimum atomic E-state index is -0.669. The van der Waals surface area contributed by atoms with Gasteiger partial charge in [0.25, 0.3) is 0 Å². The summed E-state index contributed by atoms with van der Waals surface area (Å²) < 4.78 is 19.2. The number of halogens is 2. The summed E-state index contributed by atoms with van der Waals surface area (Å²) in [6, 6.07) is 4.43. The molecule has 96 valence electrons. The van der Waals surface area contributed by atoms with Crippen LogP contribution in [0.5, 0.6) is 11.6 Å². The molecular weight excluding hydrogens is 273 g/mol. The fourth-order valence-corrected chi connectivity index (χ4v) is 1.74. The highest BCUT2D eigenvalue weighted by molar-refractivity contribution is 6.30. The second-order valence-corrected chi connectivity index (χ2v) is 4.08. The molecule has 0 saturated heterocycles. The second-order valence-electron chi connectivity index (χ2n) is 3.67. The summed E-state index contributed by atoms with van der Waals surface area (Å²) in [5.74, 6) is -0.613. The second kappa shape index (κ2) is 4.36. The maximum absolute atomic E-state index is 13.8. The molecule has 0 atom stereocenters. The van der Waals surface area contributed by atoms with Crippen molar-refractivity contribution in [1.82, 2.24) is 20.2 Å². The van der Waals surface area contributed by atoms with E-state index < -0.39 is 5.82 Å². The highest BCUT2D eigenvalue weighted by Crippen LogP contribution is 2.31. The van der Waals surface area contributed by atoms with Crippen molar-refractivity contribution >= 4 is 28.6 Å². The van der Waals surface area contributed by atoms with Crippen LogP contribution in [0.15, 0.2) is 24.4 Å². The number of fused-ring (bicyclic) bond motifs is 1. The number of benzene rings is 1. The third kappa shape index (κ3) is 2.04. The van der Waals surface area contributed by atoms with Crippen LogP contribution in [0, 0.1) is 5.82 Å². The van der Waals surface area contributed by atoms with Crippen molar-refractivity contribution in [2.75, 3.05) is 5.73 Å². The number of nitrogens with one attached hydrogen (secondary N) is 1. The lowest BCUT2D eigenvalue weighted by molar-refractivity contribution is 0.432. The molecule has 19 heavy (non-hydrogen) atoms. The Morgan fingerprint density at radius 2 is 2.16 bits per heavy atom. The number of rotatable bonds is 2. The van der Waals surface area contributed by atoms with Gasteiger partial charge in [-0.05, 0) is 12.1 Å². The predicted octanol–water partition coefficient (Wildman–Crippen LogP) is 2.52. The highest BCUT2D eigenvalue weighted by atomic mass is 35.5. The van der Waals surface area contributed by atoms with Gasteiger partial charge in [-0.3, -0.25) is 5.10 Å². The molecule has 6 nitrogen and oxygen atoms in total. The van der Waals surface area contributed by atoms with E-state index in [2.05, 4.69) is 20.2 Å². The van der Waals surface area contributed by atoms with Gasteiger partial charge in [0.2, 0.25) is 11.8 Å². The van der Waals surface area contributed by atoms with Gasteiger partial charge < -0.3 is 10.5 Å². The average molecular weight is 280 g/mol. The Bertz CT molecular complexity index is 760. The van der Waals surface area contributed by atoms with Gasteiger partial charge in [-0.25, -0.2) is 4.39 Å². The molecule has 8 heteroatoms. The van der Waals surface area contributed by atoms with Gasteiger partial charge in [-0.1, -0.05) is 17.7 Å². The first-order valence-electron chi connectivity index (χ1n) is 5.23. The van der Waals surface area contributed by atoms with E-state index in [1.165, 1.54) is 18.3 Å². The van der Waals surface area contributed by atoms with E-state index in [4.69, 9.17) is 22.1 Å². The van der Waals surface area contributed by atoms with E-state index in [0.717, 1.165) is 0 Å². The highest BCUT2D eigenvalue weighted by Gasteiger charge is 2.14. The normalized spacial score (nSPS) is 10.8. The molecule has 0 aliphatic carbocycles. The standard InChI is InChI=1S/C11H7ClFN5O/c12-6-2-1-3-7(8(6)13)19-10-5-4-15-18-9(5)16-11(14)17-10/h1-4H,(H3,14,15,16,17,18). The van der Waals surface area contributed by atoms with Crippen molar-refractivity contribution < 1.29 is 9.13 Å². The molecule has 2 aromatic heterocycles. The molecular formula is C11H7ClFN5O. The van der Waals surface area contributed by atoms with E-state index in [-0.39, 0.29) is 22.6 Å². The molecule has 3 rings (SSSR count). The van der Waals surface area contributed by atoms with Gasteiger partial charge in [0.1, 0.15) is 5.39 Å². The summed E-state index contributed by atoms with van der Waals surface area (Å²) in [5, 5.41) is 6.89. The SMILES string of the molecule is Nc1nc(Oc2cccc(Cl)c2F)c2cn[nH]c2n1. The third-order valence-corrected chi connectivity index (χ3v) is 2.71. The van der Waals surface area contributed by atoms with Crippen LogP contribution in [0.25, 0.3) is 11.0 Å². The first-order chi connectivity index (χ1) is 9.15. The number of nitrogens with zero attached hydrogens (tertiary/aromatic N) is 3. The Hall–Kier alpha value is -2.41. The largest absolute Gasteiger partial charge is 0.435 e. The Balaban J connectivity index is 2.10. The molecule has 3 aromatic rings. The maximum Gasteiger partial charge on any atom is 0.235 e. The Morgan fingerprint density at radius 3 is 3.00 bits per heavy atom. The molecule has 0 aliphatic rings. The zero-order valence-corrected chi connectivity index (χ0v) is 10.1. The fraction of sp³-hybridized carbons (Fsp3) is 0.